The number of furan rings is 1. The Labute approximate surface area is 354 Å². The van der Waals surface area contributed by atoms with Crippen LogP contribution in [0.15, 0.2) is 211 Å². The van der Waals surface area contributed by atoms with E-state index in [9.17, 15) is 0 Å². The van der Waals surface area contributed by atoms with Gasteiger partial charge in [-0.15, -0.1) is 0 Å². The van der Waals surface area contributed by atoms with Crippen molar-refractivity contribution in [3.8, 4) is 72.9 Å². The fourth-order valence-electron chi connectivity index (χ4n) is 8.47. The first-order valence-corrected chi connectivity index (χ1v) is 20.5. The van der Waals surface area contributed by atoms with Gasteiger partial charge in [0.2, 0.25) is 0 Å². The summed E-state index contributed by atoms with van der Waals surface area (Å²) in [4.78, 5) is 10.6. The zero-order valence-electron chi connectivity index (χ0n) is 33.3. The first-order valence-electron chi connectivity index (χ1n) is 20.5. The van der Waals surface area contributed by atoms with Crippen LogP contribution in [-0.4, -0.2) is 9.97 Å². The molecule has 0 N–H and O–H groups in total. The quantitative estimate of drug-likeness (QED) is 0.169. The average molecular weight is 783 g/mol. The molecule has 10 aromatic rings. The monoisotopic (exact) mass is 782 g/mol. The minimum absolute atomic E-state index is 0.451. The van der Waals surface area contributed by atoms with Crippen LogP contribution in [-0.2, 0) is 6.42 Å². The molecule has 0 radical (unpaired) electrons. The number of para-hydroxylation sites is 3. The number of rotatable bonds is 6. The van der Waals surface area contributed by atoms with E-state index in [4.69, 9.17) is 19.1 Å². The fraction of sp³-hybridized carbons (Fsp3) is 0.0175. The van der Waals surface area contributed by atoms with Gasteiger partial charge in [-0.05, 0) is 105 Å². The molecule has 3 heterocycles. The summed E-state index contributed by atoms with van der Waals surface area (Å²) in [6.45, 7) is 4.45. The van der Waals surface area contributed by atoms with Crippen LogP contribution in [0.25, 0.3) is 101 Å². The summed E-state index contributed by atoms with van der Waals surface area (Å²) in [6, 6.07) is 67.7. The molecule has 1 aliphatic heterocycles. The molecule has 0 aliphatic carbocycles. The second kappa shape index (κ2) is 15.3. The van der Waals surface area contributed by atoms with E-state index in [1.165, 1.54) is 22.3 Å². The number of ether oxygens (including phenoxy) is 1. The van der Waals surface area contributed by atoms with Crippen molar-refractivity contribution in [1.29, 1.82) is 0 Å². The van der Waals surface area contributed by atoms with Crippen LogP contribution in [0.1, 0.15) is 16.8 Å². The fourth-order valence-corrected chi connectivity index (χ4v) is 8.47. The van der Waals surface area contributed by atoms with Crippen molar-refractivity contribution in [2.24, 2.45) is 0 Å². The van der Waals surface area contributed by atoms with Gasteiger partial charge in [-0.3, -0.25) is 0 Å². The highest BCUT2D eigenvalue weighted by Crippen LogP contribution is 2.41. The van der Waals surface area contributed by atoms with Gasteiger partial charge in [0.15, 0.2) is 5.82 Å². The maximum atomic E-state index is 6.58. The highest BCUT2D eigenvalue weighted by Gasteiger charge is 2.23. The van der Waals surface area contributed by atoms with Gasteiger partial charge in [0.25, 0.3) is 0 Å². The maximum Gasteiger partial charge on any atom is 0.160 e. The predicted octanol–water partition coefficient (Wildman–Crippen LogP) is 15.0. The lowest BCUT2D eigenvalue weighted by Crippen LogP contribution is -2.06. The molecule has 0 atom stereocenters. The van der Waals surface area contributed by atoms with E-state index in [1.54, 1.807) is 0 Å². The van der Waals surface area contributed by atoms with Crippen molar-refractivity contribution in [1.82, 2.24) is 9.97 Å². The second-order valence-corrected chi connectivity index (χ2v) is 15.4. The third-order valence-electron chi connectivity index (χ3n) is 11.5. The molecule has 0 spiro atoms. The zero-order chi connectivity index (χ0) is 40.7. The zero-order valence-corrected chi connectivity index (χ0v) is 33.3. The van der Waals surface area contributed by atoms with Gasteiger partial charge in [0, 0.05) is 27.5 Å². The van der Waals surface area contributed by atoms with E-state index < -0.39 is 0 Å². The Hall–Kier alpha value is -8.08. The molecule has 8 aromatic carbocycles. The van der Waals surface area contributed by atoms with Crippen LogP contribution in [0, 0.1) is 0 Å². The largest absolute Gasteiger partial charge is 0.455 e. The van der Waals surface area contributed by atoms with Crippen molar-refractivity contribution in [2.45, 2.75) is 6.42 Å². The number of hydrogen-bond acceptors (Lipinski definition) is 4. The van der Waals surface area contributed by atoms with Crippen molar-refractivity contribution >= 4 is 33.8 Å². The summed E-state index contributed by atoms with van der Waals surface area (Å²) < 4.78 is 13.1. The summed E-state index contributed by atoms with van der Waals surface area (Å²) in [5.41, 5.74) is 15.8. The Kier molecular flexibility index (Phi) is 9.02. The lowest BCUT2D eigenvalue weighted by Gasteiger charge is -2.16. The molecular weight excluding hydrogens is 745 g/mol. The standard InChI is InChI=1S/C57H38N2O2/c1-37-54-50(28-14-21-40-20-8-10-30-52(40)60-37)55(51-29-15-27-49-48-26-9-11-31-53(48)61-56(49)51)59-57(58-54)44-25-13-23-42(33-44)41-22-12-24-43(32-41)47-35-45(38-16-4-2-5-17-38)34-46(36-47)39-18-6-3-7-19-39/h2-20,22-36H,1,21H2/b28-14-. The van der Waals surface area contributed by atoms with Crippen LogP contribution in [0.3, 0.4) is 0 Å². The van der Waals surface area contributed by atoms with E-state index in [1.807, 2.05) is 36.4 Å². The Bertz CT molecular complexity index is 3270. The smallest absolute Gasteiger partial charge is 0.160 e. The molecule has 288 valence electrons. The van der Waals surface area contributed by atoms with E-state index in [2.05, 4.69) is 176 Å². The van der Waals surface area contributed by atoms with Crippen LogP contribution < -0.4 is 4.74 Å². The normalized spacial score (nSPS) is 12.8. The molecule has 0 amide bonds. The Balaban J connectivity index is 1.05. The molecule has 0 saturated heterocycles. The summed E-state index contributed by atoms with van der Waals surface area (Å²) in [5.74, 6) is 1.78. The summed E-state index contributed by atoms with van der Waals surface area (Å²) in [6.07, 6.45) is 4.94. The van der Waals surface area contributed by atoms with Crippen LogP contribution >= 0.6 is 0 Å². The van der Waals surface area contributed by atoms with E-state index in [0.717, 1.165) is 77.9 Å². The van der Waals surface area contributed by atoms with Crippen LogP contribution in [0.4, 0.5) is 0 Å². The van der Waals surface area contributed by atoms with E-state index in [-0.39, 0.29) is 0 Å². The molecule has 0 bridgehead atoms. The number of hydrogen-bond donors (Lipinski definition) is 0. The number of aromatic nitrogens is 2. The lowest BCUT2D eigenvalue weighted by molar-refractivity contribution is 0.508. The molecular formula is C57H38N2O2. The molecule has 11 rings (SSSR count). The van der Waals surface area contributed by atoms with Crippen molar-refractivity contribution in [2.75, 3.05) is 0 Å². The van der Waals surface area contributed by atoms with Gasteiger partial charge in [0.1, 0.15) is 28.4 Å². The second-order valence-electron chi connectivity index (χ2n) is 15.4. The minimum Gasteiger partial charge on any atom is -0.455 e. The molecule has 0 fully saturated rings. The first kappa shape index (κ1) is 36.0. The van der Waals surface area contributed by atoms with E-state index in [0.29, 0.717) is 23.7 Å². The van der Waals surface area contributed by atoms with Crippen molar-refractivity contribution in [3.05, 3.63) is 224 Å². The van der Waals surface area contributed by atoms with E-state index >= 15 is 0 Å². The SMILES string of the molecule is C=C1Oc2ccccc2C/C=C\c2c1nc(-c1cccc(-c3cccc(-c4cc(-c5ccccc5)cc(-c5ccccc5)c4)c3)c1)nc2-c1cccc2c1oc1ccccc12. The number of fused-ring (bicyclic) bond motifs is 5. The molecule has 1 aliphatic rings. The summed E-state index contributed by atoms with van der Waals surface area (Å²) in [7, 11) is 0. The molecule has 4 heteroatoms. The Morgan fingerprint density at radius 2 is 0.967 bits per heavy atom. The molecule has 4 nitrogen and oxygen atoms in total. The molecule has 61 heavy (non-hydrogen) atoms. The molecule has 0 saturated carbocycles. The van der Waals surface area contributed by atoms with Gasteiger partial charge in [0.05, 0.1) is 5.69 Å². The molecule has 2 aromatic heterocycles. The van der Waals surface area contributed by atoms with Crippen LogP contribution in [0.2, 0.25) is 0 Å². The van der Waals surface area contributed by atoms with Crippen molar-refractivity contribution in [3.63, 3.8) is 0 Å². The topological polar surface area (TPSA) is 48.2 Å². The van der Waals surface area contributed by atoms with Gasteiger partial charge in [-0.1, -0.05) is 164 Å². The maximum absolute atomic E-state index is 6.58. The van der Waals surface area contributed by atoms with Gasteiger partial charge < -0.3 is 9.15 Å². The number of benzene rings is 8. The third kappa shape index (κ3) is 6.80. The Morgan fingerprint density at radius 1 is 0.443 bits per heavy atom. The highest BCUT2D eigenvalue weighted by atomic mass is 16.5. The lowest BCUT2D eigenvalue weighted by atomic mass is 9.92. The van der Waals surface area contributed by atoms with Gasteiger partial charge in [-0.25, -0.2) is 9.97 Å². The average Bonchev–Trinajstić information content (AvgIpc) is 3.74. The van der Waals surface area contributed by atoms with Gasteiger partial charge >= 0.3 is 0 Å². The Morgan fingerprint density at radius 3 is 1.70 bits per heavy atom. The van der Waals surface area contributed by atoms with Crippen molar-refractivity contribution < 1.29 is 9.15 Å². The summed E-state index contributed by atoms with van der Waals surface area (Å²) in [5, 5.41) is 2.09. The minimum atomic E-state index is 0.451. The number of allylic oxidation sites excluding steroid dienone is 1. The first-order chi connectivity index (χ1) is 30.1. The predicted molar refractivity (Wildman–Crippen MR) is 251 cm³/mol. The highest BCUT2D eigenvalue weighted by molar-refractivity contribution is 6.10. The third-order valence-corrected chi connectivity index (χ3v) is 11.5. The van der Waals surface area contributed by atoms with Gasteiger partial charge in [-0.2, -0.15) is 0 Å². The summed E-state index contributed by atoms with van der Waals surface area (Å²) >= 11 is 0. The number of nitrogens with zero attached hydrogens (tertiary/aromatic N) is 2. The molecule has 0 unspecified atom stereocenters. The van der Waals surface area contributed by atoms with Crippen LogP contribution in [0.5, 0.6) is 5.75 Å².